The average molecular weight is 468 g/mol. The summed E-state index contributed by atoms with van der Waals surface area (Å²) in [6.45, 7) is 3.08. The summed E-state index contributed by atoms with van der Waals surface area (Å²) in [6.07, 6.45) is 4.99. The molecule has 33 heavy (non-hydrogen) atoms. The number of benzene rings is 2. The van der Waals surface area contributed by atoms with Gasteiger partial charge in [0.2, 0.25) is 15.9 Å². The van der Waals surface area contributed by atoms with Crippen molar-refractivity contribution in [1.29, 1.82) is 0 Å². The summed E-state index contributed by atoms with van der Waals surface area (Å²) in [7, 11) is -3.47. The van der Waals surface area contributed by atoms with Crippen molar-refractivity contribution < 1.29 is 13.2 Å². The van der Waals surface area contributed by atoms with Crippen LogP contribution in [-0.4, -0.2) is 49.6 Å². The number of amides is 1. The minimum absolute atomic E-state index is 0.0917. The van der Waals surface area contributed by atoms with E-state index in [1.165, 1.54) is 30.4 Å². The standard InChI is InChI=1S/C26H33N3O3S/c30-26(28-33(31,32)23-10-11-23)16-19-6-8-20(9-7-19)18-29-14-12-22(13-15-29)27-25-17-24(25)21-4-2-1-3-5-21/h1-9,22-25,27H,10-18H2,(H,28,30)/t24-,25+/m0/s1. The minimum Gasteiger partial charge on any atom is -0.311 e. The van der Waals surface area contributed by atoms with Gasteiger partial charge in [0.15, 0.2) is 0 Å². The van der Waals surface area contributed by atoms with Gasteiger partial charge in [-0.25, -0.2) is 8.42 Å². The fourth-order valence-corrected chi connectivity index (χ4v) is 6.18. The molecule has 0 radical (unpaired) electrons. The summed E-state index contributed by atoms with van der Waals surface area (Å²) in [5.41, 5.74) is 3.52. The Hall–Kier alpha value is -2.22. The summed E-state index contributed by atoms with van der Waals surface area (Å²) in [6, 6.07) is 20.0. The Labute approximate surface area is 196 Å². The molecule has 7 heteroatoms. The molecule has 2 aromatic rings. The molecule has 2 atom stereocenters. The number of carbonyl (C=O) groups is 1. The Morgan fingerprint density at radius 1 is 0.909 bits per heavy atom. The number of nitrogens with one attached hydrogen (secondary N) is 2. The Morgan fingerprint density at radius 2 is 1.58 bits per heavy atom. The number of hydrogen-bond acceptors (Lipinski definition) is 5. The molecule has 2 aliphatic carbocycles. The van der Waals surface area contributed by atoms with Gasteiger partial charge in [0.05, 0.1) is 11.7 Å². The number of nitrogens with zero attached hydrogens (tertiary/aromatic N) is 1. The zero-order chi connectivity index (χ0) is 22.8. The first kappa shape index (κ1) is 22.6. The first-order chi connectivity index (χ1) is 16.0. The fraction of sp³-hybridized carbons (Fsp3) is 0.500. The second-order valence-electron chi connectivity index (χ2n) is 9.84. The van der Waals surface area contributed by atoms with Crippen LogP contribution in [0.4, 0.5) is 0 Å². The third-order valence-electron chi connectivity index (χ3n) is 7.07. The van der Waals surface area contributed by atoms with Crippen LogP contribution in [0.1, 0.15) is 54.7 Å². The third-order valence-corrected chi connectivity index (χ3v) is 8.93. The van der Waals surface area contributed by atoms with Gasteiger partial charge >= 0.3 is 0 Å². The number of rotatable bonds is 9. The molecule has 1 heterocycles. The quantitative estimate of drug-likeness (QED) is 0.593. The molecule has 2 N–H and O–H groups in total. The van der Waals surface area contributed by atoms with Crippen LogP contribution >= 0.6 is 0 Å². The number of piperidine rings is 1. The first-order valence-electron chi connectivity index (χ1n) is 12.1. The molecular formula is C26H33N3O3S. The number of sulfonamides is 1. The Balaban J connectivity index is 1.03. The zero-order valence-electron chi connectivity index (χ0n) is 18.9. The van der Waals surface area contributed by atoms with E-state index in [2.05, 4.69) is 57.4 Å². The Morgan fingerprint density at radius 3 is 2.24 bits per heavy atom. The monoisotopic (exact) mass is 467 g/mol. The molecule has 6 nitrogen and oxygen atoms in total. The van der Waals surface area contributed by atoms with E-state index in [9.17, 15) is 13.2 Å². The minimum atomic E-state index is -3.47. The molecule has 0 spiro atoms. The highest BCUT2D eigenvalue weighted by atomic mass is 32.2. The lowest BCUT2D eigenvalue weighted by Crippen LogP contribution is -2.43. The van der Waals surface area contributed by atoms with Crippen molar-refractivity contribution in [2.24, 2.45) is 0 Å². The predicted octanol–water partition coefficient (Wildman–Crippen LogP) is 2.95. The molecule has 3 aliphatic rings. The second-order valence-corrected chi connectivity index (χ2v) is 11.8. The molecule has 1 amide bonds. The maximum atomic E-state index is 12.1. The van der Waals surface area contributed by atoms with Gasteiger partial charge in [-0.2, -0.15) is 0 Å². The summed E-state index contributed by atoms with van der Waals surface area (Å²) in [5, 5.41) is 3.49. The maximum absolute atomic E-state index is 12.1. The molecular weight excluding hydrogens is 434 g/mol. The first-order valence-corrected chi connectivity index (χ1v) is 13.7. The van der Waals surface area contributed by atoms with Crippen LogP contribution in [0.15, 0.2) is 54.6 Å². The van der Waals surface area contributed by atoms with Gasteiger partial charge in [0.1, 0.15) is 0 Å². The van der Waals surface area contributed by atoms with Crippen LogP contribution in [-0.2, 0) is 27.8 Å². The van der Waals surface area contributed by atoms with E-state index in [4.69, 9.17) is 0 Å². The summed E-state index contributed by atoms with van der Waals surface area (Å²) >= 11 is 0. The van der Waals surface area contributed by atoms with Crippen LogP contribution in [0.3, 0.4) is 0 Å². The van der Waals surface area contributed by atoms with Crippen molar-refractivity contribution in [2.75, 3.05) is 13.1 Å². The van der Waals surface area contributed by atoms with E-state index in [1.807, 2.05) is 12.1 Å². The third kappa shape index (κ3) is 6.02. The van der Waals surface area contributed by atoms with E-state index < -0.39 is 15.9 Å². The predicted molar refractivity (Wildman–Crippen MR) is 129 cm³/mol. The van der Waals surface area contributed by atoms with E-state index in [0.717, 1.165) is 25.2 Å². The smallest absolute Gasteiger partial charge is 0.237 e. The average Bonchev–Trinajstić information content (AvgIpc) is 3.71. The van der Waals surface area contributed by atoms with Crippen molar-refractivity contribution in [1.82, 2.24) is 14.9 Å². The zero-order valence-corrected chi connectivity index (χ0v) is 19.8. The number of carbonyl (C=O) groups excluding carboxylic acids is 1. The fourth-order valence-electron chi connectivity index (χ4n) is 4.87. The molecule has 5 rings (SSSR count). The van der Waals surface area contributed by atoms with Gasteiger partial charge in [-0.1, -0.05) is 54.6 Å². The van der Waals surface area contributed by atoms with Crippen molar-refractivity contribution in [3.63, 3.8) is 0 Å². The molecule has 0 bridgehead atoms. The van der Waals surface area contributed by atoms with E-state index in [1.54, 1.807) is 0 Å². The van der Waals surface area contributed by atoms with E-state index >= 15 is 0 Å². The highest BCUT2D eigenvalue weighted by Gasteiger charge is 2.39. The highest BCUT2D eigenvalue weighted by molar-refractivity contribution is 7.90. The molecule has 176 valence electrons. The Kier molecular flexibility index (Phi) is 6.54. The second kappa shape index (κ2) is 9.57. The molecule has 1 saturated heterocycles. The van der Waals surface area contributed by atoms with Crippen LogP contribution in [0.5, 0.6) is 0 Å². The summed E-state index contributed by atoms with van der Waals surface area (Å²) < 4.78 is 26.0. The van der Waals surface area contributed by atoms with Crippen LogP contribution in [0.25, 0.3) is 0 Å². The largest absolute Gasteiger partial charge is 0.311 e. The molecule has 1 aliphatic heterocycles. The van der Waals surface area contributed by atoms with Gasteiger partial charge in [-0.15, -0.1) is 0 Å². The van der Waals surface area contributed by atoms with Gasteiger partial charge < -0.3 is 5.32 Å². The van der Waals surface area contributed by atoms with Gasteiger partial charge in [0.25, 0.3) is 0 Å². The normalized spacial score (nSPS) is 23.9. The molecule has 3 fully saturated rings. The SMILES string of the molecule is O=C(Cc1ccc(CN2CCC(N[C@@H]3C[C@H]3c3ccccc3)CC2)cc1)NS(=O)(=O)C1CC1. The lowest BCUT2D eigenvalue weighted by molar-refractivity contribution is -0.118. The molecule has 2 saturated carbocycles. The van der Waals surface area contributed by atoms with E-state index in [0.29, 0.717) is 30.8 Å². The summed E-state index contributed by atoms with van der Waals surface area (Å²) in [5.74, 6) is 0.230. The van der Waals surface area contributed by atoms with Crippen LogP contribution < -0.4 is 10.0 Å². The lowest BCUT2D eigenvalue weighted by Gasteiger charge is -2.32. The molecule has 0 aromatic heterocycles. The topological polar surface area (TPSA) is 78.5 Å². The molecule has 0 unspecified atom stereocenters. The summed E-state index contributed by atoms with van der Waals surface area (Å²) in [4.78, 5) is 14.6. The van der Waals surface area contributed by atoms with Crippen molar-refractivity contribution in [3.8, 4) is 0 Å². The van der Waals surface area contributed by atoms with Crippen molar-refractivity contribution in [2.45, 2.75) is 68.3 Å². The van der Waals surface area contributed by atoms with Gasteiger partial charge in [0, 0.05) is 24.5 Å². The van der Waals surface area contributed by atoms with E-state index in [-0.39, 0.29) is 11.7 Å². The van der Waals surface area contributed by atoms with Gasteiger partial charge in [-0.05, 0) is 61.9 Å². The van der Waals surface area contributed by atoms with Crippen LogP contribution in [0, 0.1) is 0 Å². The van der Waals surface area contributed by atoms with Crippen molar-refractivity contribution >= 4 is 15.9 Å². The molecule has 2 aromatic carbocycles. The lowest BCUT2D eigenvalue weighted by atomic mass is 10.0. The number of hydrogen-bond donors (Lipinski definition) is 2. The van der Waals surface area contributed by atoms with Crippen molar-refractivity contribution in [3.05, 3.63) is 71.3 Å². The number of likely N-dealkylation sites (tertiary alicyclic amines) is 1. The Bertz CT molecular complexity index is 1060. The maximum Gasteiger partial charge on any atom is 0.237 e. The van der Waals surface area contributed by atoms with Gasteiger partial charge in [-0.3, -0.25) is 14.4 Å². The van der Waals surface area contributed by atoms with Crippen LogP contribution in [0.2, 0.25) is 0 Å². The highest BCUT2D eigenvalue weighted by Crippen LogP contribution is 2.41.